The number of aryl methyl sites for hydroxylation is 1. The summed E-state index contributed by atoms with van der Waals surface area (Å²) in [5, 5.41) is 0. The Balaban J connectivity index is 2.18. The van der Waals surface area contributed by atoms with Crippen molar-refractivity contribution in [2.24, 2.45) is 7.05 Å². The number of unbranched alkanes of at least 4 members (excludes halogenated alkanes) is 1. The molecule has 0 saturated heterocycles. The molecule has 5 heteroatoms. The molecule has 5 nitrogen and oxygen atoms in total. The number of aromatic nitrogens is 1. The van der Waals surface area contributed by atoms with Crippen LogP contribution in [0.25, 0.3) is 0 Å². The second-order valence-electron chi connectivity index (χ2n) is 9.63. The molecule has 0 fully saturated rings. The van der Waals surface area contributed by atoms with Crippen LogP contribution >= 0.6 is 0 Å². The Bertz CT molecular complexity index is 860. The van der Waals surface area contributed by atoms with E-state index < -0.39 is 0 Å². The van der Waals surface area contributed by atoms with Crippen LogP contribution in [0.2, 0.25) is 0 Å². The summed E-state index contributed by atoms with van der Waals surface area (Å²) >= 11 is 0. The summed E-state index contributed by atoms with van der Waals surface area (Å²) in [5.74, 6) is -0.110. The quantitative estimate of drug-likeness (QED) is 0.567. The minimum Gasteiger partial charge on any atom is -0.353 e. The van der Waals surface area contributed by atoms with Gasteiger partial charge in [0.25, 0.3) is 5.91 Å². The van der Waals surface area contributed by atoms with E-state index in [1.165, 1.54) is 5.56 Å². The molecule has 1 aromatic carbocycles. The van der Waals surface area contributed by atoms with Crippen molar-refractivity contribution in [2.75, 3.05) is 13.1 Å². The SMILES string of the molecule is CCCCN(Cc1cccn1C)C(=O)CN(C(=O)c1ccc(C(C)(C)C)cc1)C(C)C. The molecule has 0 aliphatic heterocycles. The number of amides is 2. The van der Waals surface area contributed by atoms with Crippen molar-refractivity contribution >= 4 is 11.8 Å². The van der Waals surface area contributed by atoms with Crippen LogP contribution in [0.1, 0.15) is 76.0 Å². The Hall–Kier alpha value is -2.56. The van der Waals surface area contributed by atoms with E-state index in [2.05, 4.69) is 27.7 Å². The highest BCUT2D eigenvalue weighted by molar-refractivity contribution is 5.96. The molecule has 2 rings (SSSR count). The zero-order valence-electron chi connectivity index (χ0n) is 20.3. The Morgan fingerprint density at radius 2 is 1.71 bits per heavy atom. The lowest BCUT2D eigenvalue weighted by molar-refractivity contribution is -0.133. The minimum atomic E-state index is -0.0990. The molecule has 0 saturated carbocycles. The maximum atomic E-state index is 13.2. The van der Waals surface area contributed by atoms with Gasteiger partial charge in [-0.2, -0.15) is 0 Å². The first-order chi connectivity index (χ1) is 14.5. The van der Waals surface area contributed by atoms with Gasteiger partial charge in [-0.25, -0.2) is 0 Å². The zero-order valence-corrected chi connectivity index (χ0v) is 20.3. The fourth-order valence-corrected chi connectivity index (χ4v) is 3.51. The summed E-state index contributed by atoms with van der Waals surface area (Å²) in [6.07, 6.45) is 3.95. The van der Waals surface area contributed by atoms with Gasteiger partial charge in [0.05, 0.1) is 6.54 Å². The lowest BCUT2D eigenvalue weighted by atomic mass is 9.86. The van der Waals surface area contributed by atoms with Gasteiger partial charge in [-0.3, -0.25) is 9.59 Å². The van der Waals surface area contributed by atoms with Crippen LogP contribution in [0.15, 0.2) is 42.6 Å². The van der Waals surface area contributed by atoms with Crippen LogP contribution in [0.3, 0.4) is 0 Å². The standard InChI is InChI=1S/C26H39N3O2/c1-8-9-17-28(18-23-11-10-16-27(23)7)24(30)19-29(20(2)3)25(31)21-12-14-22(15-13-21)26(4,5)6/h10-16,20H,8-9,17-19H2,1-7H3. The first kappa shape index (κ1) is 24.7. The molecule has 1 heterocycles. The van der Waals surface area contributed by atoms with Crippen LogP contribution in [0.4, 0.5) is 0 Å². The number of carbonyl (C=O) groups is 2. The predicted octanol–water partition coefficient (Wildman–Crippen LogP) is 5.00. The highest BCUT2D eigenvalue weighted by Crippen LogP contribution is 2.23. The van der Waals surface area contributed by atoms with E-state index in [0.29, 0.717) is 18.7 Å². The lowest BCUT2D eigenvalue weighted by Gasteiger charge is -2.30. The molecule has 1 aromatic heterocycles. The Kier molecular flexibility index (Phi) is 8.49. The van der Waals surface area contributed by atoms with Crippen molar-refractivity contribution in [3.8, 4) is 0 Å². The van der Waals surface area contributed by atoms with Gasteiger partial charge in [0.2, 0.25) is 5.91 Å². The molecule has 0 radical (unpaired) electrons. The van der Waals surface area contributed by atoms with Crippen LogP contribution in [-0.4, -0.2) is 45.3 Å². The number of carbonyl (C=O) groups excluding carboxylic acids is 2. The smallest absolute Gasteiger partial charge is 0.254 e. The second-order valence-corrected chi connectivity index (χ2v) is 9.63. The van der Waals surface area contributed by atoms with Gasteiger partial charge in [-0.05, 0) is 55.5 Å². The number of nitrogens with zero attached hydrogens (tertiary/aromatic N) is 3. The third-order valence-electron chi connectivity index (χ3n) is 5.73. The first-order valence-corrected chi connectivity index (χ1v) is 11.3. The molecule has 2 aromatic rings. The summed E-state index contributed by atoms with van der Waals surface area (Å²) < 4.78 is 2.04. The Morgan fingerprint density at radius 1 is 1.06 bits per heavy atom. The molecular formula is C26H39N3O2. The number of rotatable bonds is 9. The summed E-state index contributed by atoms with van der Waals surface area (Å²) in [6.45, 7) is 13.8. The number of hydrogen-bond donors (Lipinski definition) is 0. The summed E-state index contributed by atoms with van der Waals surface area (Å²) in [6, 6.07) is 11.7. The normalized spacial score (nSPS) is 11.6. The highest BCUT2D eigenvalue weighted by atomic mass is 16.2. The van der Waals surface area contributed by atoms with E-state index in [9.17, 15) is 9.59 Å². The van der Waals surface area contributed by atoms with Gasteiger partial charge in [0.15, 0.2) is 0 Å². The average Bonchev–Trinajstić information content (AvgIpc) is 3.12. The van der Waals surface area contributed by atoms with E-state index in [1.807, 2.05) is 73.0 Å². The largest absolute Gasteiger partial charge is 0.353 e. The summed E-state index contributed by atoms with van der Waals surface area (Å²) in [7, 11) is 1.99. The Labute approximate surface area is 188 Å². The van der Waals surface area contributed by atoms with Crippen LogP contribution in [0, 0.1) is 0 Å². The molecule has 0 aliphatic carbocycles. The van der Waals surface area contributed by atoms with Gasteiger partial charge in [-0.15, -0.1) is 0 Å². The fraction of sp³-hybridized carbons (Fsp3) is 0.538. The van der Waals surface area contributed by atoms with Gasteiger partial charge in [0, 0.05) is 37.1 Å². The van der Waals surface area contributed by atoms with Crippen molar-refractivity contribution in [1.82, 2.24) is 14.4 Å². The van der Waals surface area contributed by atoms with Crippen LogP contribution < -0.4 is 0 Å². The fourth-order valence-electron chi connectivity index (χ4n) is 3.51. The van der Waals surface area contributed by atoms with Gasteiger partial charge < -0.3 is 14.4 Å². The molecule has 0 spiro atoms. The predicted molar refractivity (Wildman–Crippen MR) is 127 cm³/mol. The first-order valence-electron chi connectivity index (χ1n) is 11.3. The molecule has 170 valence electrons. The van der Waals surface area contributed by atoms with Crippen molar-refractivity contribution in [1.29, 1.82) is 0 Å². The molecule has 2 amide bonds. The zero-order chi connectivity index (χ0) is 23.2. The van der Waals surface area contributed by atoms with Gasteiger partial charge in [0.1, 0.15) is 6.54 Å². The van der Waals surface area contributed by atoms with Crippen LogP contribution in [0.5, 0.6) is 0 Å². The molecular weight excluding hydrogens is 386 g/mol. The van der Waals surface area contributed by atoms with Crippen molar-refractivity contribution in [2.45, 2.75) is 72.4 Å². The molecule has 31 heavy (non-hydrogen) atoms. The minimum absolute atomic E-state index is 0.0111. The maximum absolute atomic E-state index is 13.2. The monoisotopic (exact) mass is 425 g/mol. The molecule has 0 bridgehead atoms. The topological polar surface area (TPSA) is 45.6 Å². The lowest BCUT2D eigenvalue weighted by Crippen LogP contribution is -2.46. The average molecular weight is 426 g/mol. The molecule has 0 N–H and O–H groups in total. The third kappa shape index (κ3) is 6.71. The summed E-state index contributed by atoms with van der Waals surface area (Å²) in [4.78, 5) is 30.0. The van der Waals surface area contributed by atoms with E-state index in [0.717, 1.165) is 18.5 Å². The number of benzene rings is 1. The Morgan fingerprint density at radius 3 is 2.19 bits per heavy atom. The van der Waals surface area contributed by atoms with Gasteiger partial charge in [-0.1, -0.05) is 46.2 Å². The van der Waals surface area contributed by atoms with E-state index in [-0.39, 0.29) is 29.8 Å². The molecule has 0 aliphatic rings. The third-order valence-corrected chi connectivity index (χ3v) is 5.73. The second kappa shape index (κ2) is 10.7. The van der Waals surface area contributed by atoms with Crippen molar-refractivity contribution in [3.63, 3.8) is 0 Å². The van der Waals surface area contributed by atoms with E-state index >= 15 is 0 Å². The van der Waals surface area contributed by atoms with E-state index in [1.54, 1.807) is 4.90 Å². The van der Waals surface area contributed by atoms with Crippen molar-refractivity contribution in [3.05, 3.63) is 59.4 Å². The molecule has 0 atom stereocenters. The van der Waals surface area contributed by atoms with E-state index in [4.69, 9.17) is 0 Å². The van der Waals surface area contributed by atoms with Crippen molar-refractivity contribution < 1.29 is 9.59 Å². The molecule has 0 unspecified atom stereocenters. The van der Waals surface area contributed by atoms with Gasteiger partial charge >= 0.3 is 0 Å². The highest BCUT2D eigenvalue weighted by Gasteiger charge is 2.25. The summed E-state index contributed by atoms with van der Waals surface area (Å²) in [5.41, 5.74) is 2.93. The van der Waals surface area contributed by atoms with Crippen LogP contribution in [-0.2, 0) is 23.8 Å². The maximum Gasteiger partial charge on any atom is 0.254 e. The number of hydrogen-bond acceptors (Lipinski definition) is 2.